The fraction of sp³-hybridized carbons (Fsp3) is 0.200. The van der Waals surface area contributed by atoms with Crippen LogP contribution in [0.1, 0.15) is 11.1 Å². The van der Waals surface area contributed by atoms with Crippen LogP contribution in [0.3, 0.4) is 0 Å². The molecule has 0 fully saturated rings. The zero-order valence-corrected chi connectivity index (χ0v) is 8.33. The van der Waals surface area contributed by atoms with Crippen molar-refractivity contribution in [1.29, 1.82) is 0 Å². The van der Waals surface area contributed by atoms with Crippen molar-refractivity contribution in [2.75, 3.05) is 0 Å². The summed E-state index contributed by atoms with van der Waals surface area (Å²) in [6.07, 6.45) is -2.53. The zero-order chi connectivity index (χ0) is 11.7. The average Bonchev–Trinajstić information content (AvgIpc) is 2.27. The van der Waals surface area contributed by atoms with Gasteiger partial charge in [-0.05, 0) is 11.1 Å². The Labute approximate surface area is 91.3 Å². The van der Waals surface area contributed by atoms with Gasteiger partial charge in [-0.15, -0.1) is 0 Å². The number of fused-ring (bicyclic) bond motifs is 1. The van der Waals surface area contributed by atoms with E-state index in [1.54, 1.807) is 24.3 Å². The van der Waals surface area contributed by atoms with Gasteiger partial charge in [-0.25, -0.2) is 19.6 Å². The Kier molecular flexibility index (Phi) is 2.40. The van der Waals surface area contributed by atoms with Crippen molar-refractivity contribution in [2.24, 2.45) is 0 Å². The maximum Gasteiger partial charge on any atom is 0.426 e. The normalized spacial score (nSPS) is 14.5. The smallest absolute Gasteiger partial charge is 0.426 e. The summed E-state index contributed by atoms with van der Waals surface area (Å²) in [5.74, 6) is 0. The molecular formula is C10H10N2O4. The van der Waals surface area contributed by atoms with Crippen LogP contribution in [0.5, 0.6) is 0 Å². The van der Waals surface area contributed by atoms with Crippen LogP contribution in [-0.2, 0) is 13.1 Å². The van der Waals surface area contributed by atoms with Gasteiger partial charge in [0.1, 0.15) is 0 Å². The van der Waals surface area contributed by atoms with Crippen LogP contribution in [0.2, 0.25) is 0 Å². The summed E-state index contributed by atoms with van der Waals surface area (Å²) in [4.78, 5) is 21.8. The lowest BCUT2D eigenvalue weighted by Gasteiger charge is -2.35. The summed E-state index contributed by atoms with van der Waals surface area (Å²) < 4.78 is 0. The van der Waals surface area contributed by atoms with Crippen LogP contribution < -0.4 is 0 Å². The largest absolute Gasteiger partial charge is 0.464 e. The molecule has 0 saturated carbocycles. The lowest BCUT2D eigenvalue weighted by molar-refractivity contribution is -0.0178. The highest BCUT2D eigenvalue weighted by molar-refractivity contribution is 5.72. The quantitative estimate of drug-likeness (QED) is 0.698. The van der Waals surface area contributed by atoms with Crippen molar-refractivity contribution in [3.05, 3.63) is 35.4 Å². The number of benzene rings is 1. The molecule has 0 aromatic heterocycles. The van der Waals surface area contributed by atoms with E-state index in [2.05, 4.69) is 0 Å². The number of nitrogens with zero attached hydrogens (tertiary/aromatic N) is 2. The van der Waals surface area contributed by atoms with E-state index >= 15 is 0 Å². The van der Waals surface area contributed by atoms with Crippen LogP contribution in [0, 0.1) is 0 Å². The molecule has 2 N–H and O–H groups in total. The van der Waals surface area contributed by atoms with Crippen LogP contribution in [0.15, 0.2) is 24.3 Å². The van der Waals surface area contributed by atoms with Crippen molar-refractivity contribution in [2.45, 2.75) is 13.1 Å². The Morgan fingerprint density at radius 1 is 0.938 bits per heavy atom. The fourth-order valence-corrected chi connectivity index (χ4v) is 1.70. The second-order valence-corrected chi connectivity index (χ2v) is 3.45. The van der Waals surface area contributed by atoms with E-state index in [0.717, 1.165) is 21.1 Å². The molecule has 1 aliphatic heterocycles. The Morgan fingerprint density at radius 3 is 1.62 bits per heavy atom. The molecule has 0 atom stereocenters. The molecule has 84 valence electrons. The summed E-state index contributed by atoms with van der Waals surface area (Å²) in [6.45, 7) is 0.135. The molecule has 0 saturated heterocycles. The van der Waals surface area contributed by atoms with E-state index in [0.29, 0.717) is 0 Å². The third kappa shape index (κ3) is 1.65. The number of amides is 2. The maximum absolute atomic E-state index is 10.9. The van der Waals surface area contributed by atoms with Gasteiger partial charge in [0.15, 0.2) is 0 Å². The first-order valence-corrected chi connectivity index (χ1v) is 4.67. The summed E-state index contributed by atoms with van der Waals surface area (Å²) in [5, 5.41) is 19.4. The summed E-state index contributed by atoms with van der Waals surface area (Å²) in [6, 6.07) is 7.19. The highest BCUT2D eigenvalue weighted by Gasteiger charge is 2.30. The topological polar surface area (TPSA) is 81.1 Å². The molecule has 1 aliphatic rings. The van der Waals surface area contributed by atoms with Gasteiger partial charge >= 0.3 is 12.2 Å². The first-order valence-electron chi connectivity index (χ1n) is 4.67. The molecule has 0 radical (unpaired) electrons. The monoisotopic (exact) mass is 222 g/mol. The van der Waals surface area contributed by atoms with E-state index < -0.39 is 12.2 Å². The Bertz CT molecular complexity index is 405. The molecule has 1 heterocycles. The third-order valence-electron chi connectivity index (χ3n) is 2.49. The lowest BCUT2D eigenvalue weighted by atomic mass is 10.1. The Balaban J connectivity index is 2.37. The molecule has 1 aromatic rings. The number of hydrazine groups is 1. The third-order valence-corrected chi connectivity index (χ3v) is 2.49. The van der Waals surface area contributed by atoms with Gasteiger partial charge in [-0.1, -0.05) is 24.3 Å². The first kappa shape index (κ1) is 10.3. The predicted molar refractivity (Wildman–Crippen MR) is 53.6 cm³/mol. The van der Waals surface area contributed by atoms with E-state index in [1.165, 1.54) is 0 Å². The van der Waals surface area contributed by atoms with E-state index in [4.69, 9.17) is 10.2 Å². The van der Waals surface area contributed by atoms with Crippen molar-refractivity contribution < 1.29 is 19.8 Å². The second kappa shape index (κ2) is 3.73. The summed E-state index contributed by atoms with van der Waals surface area (Å²) in [7, 11) is 0. The Hall–Kier alpha value is -2.24. The number of carbonyl (C=O) groups is 2. The molecular weight excluding hydrogens is 212 g/mol. The summed E-state index contributed by atoms with van der Waals surface area (Å²) >= 11 is 0. The minimum Gasteiger partial charge on any atom is -0.464 e. The number of rotatable bonds is 0. The minimum atomic E-state index is -1.27. The molecule has 0 spiro atoms. The van der Waals surface area contributed by atoms with E-state index in [-0.39, 0.29) is 13.1 Å². The fourth-order valence-electron chi connectivity index (χ4n) is 1.70. The highest BCUT2D eigenvalue weighted by Crippen LogP contribution is 2.22. The zero-order valence-electron chi connectivity index (χ0n) is 8.33. The molecule has 2 rings (SSSR count). The molecule has 1 aromatic carbocycles. The van der Waals surface area contributed by atoms with Crippen LogP contribution >= 0.6 is 0 Å². The molecule has 0 aliphatic carbocycles. The van der Waals surface area contributed by atoms with Crippen LogP contribution in [0.25, 0.3) is 0 Å². The molecule has 6 heteroatoms. The van der Waals surface area contributed by atoms with Gasteiger partial charge in [0.2, 0.25) is 0 Å². The number of hydrogen-bond donors (Lipinski definition) is 2. The van der Waals surface area contributed by atoms with Gasteiger partial charge in [0.05, 0.1) is 13.1 Å². The maximum atomic E-state index is 10.9. The second-order valence-electron chi connectivity index (χ2n) is 3.45. The van der Waals surface area contributed by atoms with Crippen molar-refractivity contribution in [3.63, 3.8) is 0 Å². The van der Waals surface area contributed by atoms with Gasteiger partial charge in [0.25, 0.3) is 0 Å². The van der Waals surface area contributed by atoms with Gasteiger partial charge in [0, 0.05) is 0 Å². The SMILES string of the molecule is O=C(O)N1Cc2ccccc2CN1C(=O)O. The number of hydrogen-bond acceptors (Lipinski definition) is 2. The summed E-state index contributed by atoms with van der Waals surface area (Å²) in [5.41, 5.74) is 1.67. The lowest BCUT2D eigenvalue weighted by Crippen LogP contribution is -2.50. The molecule has 2 amide bonds. The van der Waals surface area contributed by atoms with Crippen molar-refractivity contribution in [1.82, 2.24) is 10.0 Å². The molecule has 0 unspecified atom stereocenters. The number of carboxylic acid groups (broad SMARTS) is 2. The average molecular weight is 222 g/mol. The highest BCUT2D eigenvalue weighted by atomic mass is 16.4. The van der Waals surface area contributed by atoms with Gasteiger partial charge in [-0.3, -0.25) is 0 Å². The molecule has 0 bridgehead atoms. The van der Waals surface area contributed by atoms with Crippen molar-refractivity contribution >= 4 is 12.2 Å². The minimum absolute atomic E-state index is 0.0673. The van der Waals surface area contributed by atoms with E-state index in [1.807, 2.05) is 0 Å². The first-order chi connectivity index (χ1) is 7.59. The predicted octanol–water partition coefficient (Wildman–Crippen LogP) is 1.58. The van der Waals surface area contributed by atoms with Crippen LogP contribution in [-0.4, -0.2) is 32.4 Å². The van der Waals surface area contributed by atoms with E-state index in [9.17, 15) is 9.59 Å². The van der Waals surface area contributed by atoms with Gasteiger partial charge in [-0.2, -0.15) is 0 Å². The van der Waals surface area contributed by atoms with Gasteiger partial charge < -0.3 is 10.2 Å². The Morgan fingerprint density at radius 2 is 1.31 bits per heavy atom. The molecule has 6 nitrogen and oxygen atoms in total. The van der Waals surface area contributed by atoms with Crippen molar-refractivity contribution in [3.8, 4) is 0 Å². The van der Waals surface area contributed by atoms with Crippen LogP contribution in [0.4, 0.5) is 9.59 Å². The molecule has 16 heavy (non-hydrogen) atoms. The standard InChI is InChI=1S/C10H10N2O4/c13-9(14)11-5-7-3-1-2-4-8(7)6-12(11)10(15)16/h1-4H,5-6H2,(H,13,14)(H,15,16).